The van der Waals surface area contributed by atoms with Crippen LogP contribution in [-0.4, -0.2) is 36.9 Å². The molecule has 0 aromatic heterocycles. The van der Waals surface area contributed by atoms with Crippen molar-refractivity contribution < 1.29 is 13.9 Å². The number of fused-ring (bicyclic) bond motifs is 1. The molecule has 0 aliphatic carbocycles. The highest BCUT2D eigenvalue weighted by molar-refractivity contribution is 5.82. The van der Waals surface area contributed by atoms with Crippen LogP contribution in [0.5, 0.6) is 5.75 Å². The average molecular weight is 384 g/mol. The molecule has 1 unspecified atom stereocenters. The van der Waals surface area contributed by atoms with E-state index < -0.39 is 0 Å². The normalized spacial score (nSPS) is 16.0. The molecule has 28 heavy (non-hydrogen) atoms. The van der Waals surface area contributed by atoms with E-state index in [0.717, 1.165) is 66.5 Å². The summed E-state index contributed by atoms with van der Waals surface area (Å²) in [7, 11) is 0. The third-order valence-electron chi connectivity index (χ3n) is 5.57. The van der Waals surface area contributed by atoms with E-state index in [2.05, 4.69) is 18.7 Å². The van der Waals surface area contributed by atoms with E-state index in [1.54, 1.807) is 0 Å². The second-order valence-corrected chi connectivity index (χ2v) is 7.76. The second-order valence-electron chi connectivity index (χ2n) is 7.76. The van der Waals surface area contributed by atoms with E-state index in [1.165, 1.54) is 6.07 Å². The average Bonchev–Trinajstić information content (AvgIpc) is 2.68. The number of aldehydes is 1. The Labute approximate surface area is 167 Å². The van der Waals surface area contributed by atoms with Gasteiger partial charge in [0.25, 0.3) is 0 Å². The van der Waals surface area contributed by atoms with Gasteiger partial charge in [0.05, 0.1) is 0 Å². The third-order valence-corrected chi connectivity index (χ3v) is 5.57. The summed E-state index contributed by atoms with van der Waals surface area (Å²) in [6.45, 7) is 11.0. The van der Waals surface area contributed by atoms with Gasteiger partial charge < -0.3 is 4.74 Å². The van der Waals surface area contributed by atoms with E-state index in [9.17, 15) is 9.18 Å². The molecule has 3 nitrogen and oxygen atoms in total. The van der Waals surface area contributed by atoms with Crippen LogP contribution in [0.25, 0.3) is 11.1 Å². The Bertz CT molecular complexity index is 833. The van der Waals surface area contributed by atoms with Crippen LogP contribution in [0, 0.1) is 19.7 Å². The molecule has 4 heteroatoms. The summed E-state index contributed by atoms with van der Waals surface area (Å²) in [6.07, 6.45) is 3.82. The monoisotopic (exact) mass is 383 g/mol. The van der Waals surface area contributed by atoms with Crippen LogP contribution in [-0.2, 0) is 6.42 Å². The Hall–Kier alpha value is -2.20. The van der Waals surface area contributed by atoms with Crippen molar-refractivity contribution in [1.29, 1.82) is 0 Å². The fraction of sp³-hybridized carbons (Fsp3) is 0.458. The fourth-order valence-corrected chi connectivity index (χ4v) is 4.44. The van der Waals surface area contributed by atoms with Crippen LogP contribution in [0.4, 0.5) is 4.39 Å². The van der Waals surface area contributed by atoms with Crippen molar-refractivity contribution in [2.75, 3.05) is 19.7 Å². The maximum Gasteiger partial charge on any atom is 0.165 e. The smallest absolute Gasteiger partial charge is 0.165 e. The first-order valence-electron chi connectivity index (χ1n) is 10.2. The summed E-state index contributed by atoms with van der Waals surface area (Å²) in [4.78, 5) is 13.7. The first-order chi connectivity index (χ1) is 13.5. The lowest BCUT2D eigenvalue weighted by atomic mass is 9.87. The van der Waals surface area contributed by atoms with E-state index in [0.29, 0.717) is 17.9 Å². The van der Waals surface area contributed by atoms with Gasteiger partial charge in [0.2, 0.25) is 0 Å². The SMILES string of the molecule is CCCN(CCC)C1COc2c(F)ccc(-c3c(C)cc(C=O)cc3C)c2C1. The maximum absolute atomic E-state index is 14.5. The van der Waals surface area contributed by atoms with Crippen LogP contribution in [0.1, 0.15) is 53.7 Å². The number of nitrogens with zero attached hydrogens (tertiary/aromatic N) is 1. The molecule has 2 aromatic rings. The lowest BCUT2D eigenvalue weighted by molar-refractivity contribution is 0.112. The number of halogens is 1. The molecule has 0 radical (unpaired) electrons. The molecule has 1 aliphatic rings. The van der Waals surface area contributed by atoms with Crippen LogP contribution >= 0.6 is 0 Å². The highest BCUT2D eigenvalue weighted by Gasteiger charge is 2.29. The molecule has 1 atom stereocenters. The Morgan fingerprint density at radius 3 is 2.36 bits per heavy atom. The summed E-state index contributed by atoms with van der Waals surface area (Å²) in [5.74, 6) is 0.0921. The highest BCUT2D eigenvalue weighted by Crippen LogP contribution is 2.40. The van der Waals surface area contributed by atoms with E-state index in [-0.39, 0.29) is 11.9 Å². The van der Waals surface area contributed by atoms with Crippen molar-refractivity contribution in [2.24, 2.45) is 0 Å². The predicted octanol–water partition coefficient (Wildman–Crippen LogP) is 5.35. The van der Waals surface area contributed by atoms with Gasteiger partial charge in [-0.2, -0.15) is 0 Å². The summed E-state index contributed by atoms with van der Waals surface area (Å²) in [5.41, 5.74) is 5.75. The molecule has 0 N–H and O–H groups in total. The van der Waals surface area contributed by atoms with Gasteiger partial charge in [0.1, 0.15) is 12.9 Å². The first-order valence-corrected chi connectivity index (χ1v) is 10.2. The quantitative estimate of drug-likeness (QED) is 0.604. The topological polar surface area (TPSA) is 29.5 Å². The number of rotatable bonds is 7. The molecule has 1 aliphatic heterocycles. The van der Waals surface area contributed by atoms with Gasteiger partial charge >= 0.3 is 0 Å². The van der Waals surface area contributed by atoms with Gasteiger partial charge in [-0.05, 0) is 86.7 Å². The summed E-state index contributed by atoms with van der Waals surface area (Å²) >= 11 is 0. The number of hydrogen-bond acceptors (Lipinski definition) is 3. The van der Waals surface area contributed by atoms with E-state index in [4.69, 9.17) is 4.74 Å². The van der Waals surface area contributed by atoms with Gasteiger partial charge in [0, 0.05) is 17.2 Å². The number of ether oxygens (including phenoxy) is 1. The Morgan fingerprint density at radius 2 is 1.79 bits per heavy atom. The lowest BCUT2D eigenvalue weighted by Gasteiger charge is -2.36. The largest absolute Gasteiger partial charge is 0.489 e. The molecule has 150 valence electrons. The molecule has 0 fully saturated rings. The van der Waals surface area contributed by atoms with Crippen LogP contribution in [0.15, 0.2) is 24.3 Å². The predicted molar refractivity (Wildman–Crippen MR) is 112 cm³/mol. The van der Waals surface area contributed by atoms with Crippen molar-refractivity contribution in [3.8, 4) is 16.9 Å². The van der Waals surface area contributed by atoms with Crippen LogP contribution < -0.4 is 4.74 Å². The minimum Gasteiger partial charge on any atom is -0.489 e. The second kappa shape index (κ2) is 8.87. The fourth-order valence-electron chi connectivity index (χ4n) is 4.44. The molecule has 0 spiro atoms. The number of benzene rings is 2. The first kappa shape index (κ1) is 20.5. The standard InChI is InChI=1S/C24H30FNO2/c1-5-9-26(10-6-2)19-13-21-20(7-8-22(25)24(21)28-15-19)23-16(3)11-18(14-27)12-17(23)4/h7-8,11-12,14,19H,5-6,9-10,13,15H2,1-4H3. The van der Waals surface area contributed by atoms with Crippen molar-refractivity contribution in [2.45, 2.75) is 53.0 Å². The molecule has 3 rings (SSSR count). The molecule has 0 amide bonds. The Kier molecular flexibility index (Phi) is 6.50. The number of aryl methyl sites for hydroxylation is 2. The zero-order valence-corrected chi connectivity index (χ0v) is 17.3. The maximum atomic E-state index is 14.5. The molecular weight excluding hydrogens is 353 g/mol. The molecule has 1 heterocycles. The summed E-state index contributed by atoms with van der Waals surface area (Å²) < 4.78 is 20.5. The van der Waals surface area contributed by atoms with Gasteiger partial charge in [0.15, 0.2) is 11.6 Å². The number of carbonyl (C=O) groups is 1. The van der Waals surface area contributed by atoms with Gasteiger partial charge in [-0.15, -0.1) is 0 Å². The minimum atomic E-state index is -0.297. The molecule has 0 saturated heterocycles. The lowest BCUT2D eigenvalue weighted by Crippen LogP contribution is -2.44. The van der Waals surface area contributed by atoms with E-state index >= 15 is 0 Å². The molecule has 2 aromatic carbocycles. The molecule has 0 bridgehead atoms. The number of hydrogen-bond donors (Lipinski definition) is 0. The summed E-state index contributed by atoms with van der Waals surface area (Å²) in [5, 5.41) is 0. The van der Waals surface area contributed by atoms with Gasteiger partial charge in [-0.1, -0.05) is 19.9 Å². The van der Waals surface area contributed by atoms with Crippen LogP contribution in [0.3, 0.4) is 0 Å². The Morgan fingerprint density at radius 1 is 1.14 bits per heavy atom. The molecular formula is C24H30FNO2. The van der Waals surface area contributed by atoms with Crippen LogP contribution in [0.2, 0.25) is 0 Å². The zero-order chi connectivity index (χ0) is 20.3. The third kappa shape index (κ3) is 3.97. The zero-order valence-electron chi connectivity index (χ0n) is 17.3. The highest BCUT2D eigenvalue weighted by atomic mass is 19.1. The summed E-state index contributed by atoms with van der Waals surface area (Å²) in [6, 6.07) is 7.40. The van der Waals surface area contributed by atoms with E-state index in [1.807, 2.05) is 32.0 Å². The number of carbonyl (C=O) groups excluding carboxylic acids is 1. The van der Waals surface area contributed by atoms with Crippen molar-refractivity contribution in [1.82, 2.24) is 4.90 Å². The van der Waals surface area contributed by atoms with Crippen molar-refractivity contribution in [3.05, 3.63) is 52.3 Å². The van der Waals surface area contributed by atoms with Crippen molar-refractivity contribution in [3.63, 3.8) is 0 Å². The molecule has 0 saturated carbocycles. The Balaban J connectivity index is 2.07. The minimum absolute atomic E-state index is 0.253. The van der Waals surface area contributed by atoms with Gasteiger partial charge in [-0.25, -0.2) is 4.39 Å². The van der Waals surface area contributed by atoms with Gasteiger partial charge in [-0.3, -0.25) is 9.69 Å². The van der Waals surface area contributed by atoms with Crippen molar-refractivity contribution >= 4 is 6.29 Å².